The van der Waals surface area contributed by atoms with Crippen LogP contribution in [0.5, 0.6) is 0 Å². The SMILES string of the molecule is CCCCCCCCCCCCCCCC(=O)N[C@@H](Cc1c[nH]cn1)C(=O)N[C@@H](C)C(=O)N[C@H](C(=O)N[C@@H](Cc1c[nH]cn1)C(=O)NC(C)C)C(C)C. The molecule has 2 heterocycles. The lowest BCUT2D eigenvalue weighted by molar-refractivity contribution is -0.135. The van der Waals surface area contributed by atoms with Crippen molar-refractivity contribution in [1.29, 1.82) is 0 Å². The molecule has 2 aromatic heterocycles. The Morgan fingerprint density at radius 2 is 1.04 bits per heavy atom. The number of H-pyrrole nitrogens is 2. The van der Waals surface area contributed by atoms with Crippen molar-refractivity contribution >= 4 is 29.5 Å². The lowest BCUT2D eigenvalue weighted by Gasteiger charge is -2.27. The highest BCUT2D eigenvalue weighted by atomic mass is 16.2. The van der Waals surface area contributed by atoms with Crippen LogP contribution in [-0.2, 0) is 36.8 Å². The summed E-state index contributed by atoms with van der Waals surface area (Å²) in [5, 5.41) is 13.9. The Hall–Kier alpha value is -4.23. The Balaban J connectivity index is 1.88. The molecule has 0 saturated carbocycles. The highest BCUT2D eigenvalue weighted by Crippen LogP contribution is 2.13. The highest BCUT2D eigenvalue weighted by molar-refractivity contribution is 5.95. The van der Waals surface area contributed by atoms with Crippen molar-refractivity contribution in [2.45, 2.75) is 174 Å². The van der Waals surface area contributed by atoms with Gasteiger partial charge in [-0.05, 0) is 33.1 Å². The molecule has 14 heteroatoms. The van der Waals surface area contributed by atoms with Crippen LogP contribution in [-0.4, -0.2) is 79.7 Å². The fourth-order valence-corrected chi connectivity index (χ4v) is 6.05. The normalized spacial score (nSPS) is 13.6. The van der Waals surface area contributed by atoms with Crippen LogP contribution in [0, 0.1) is 5.92 Å². The molecule has 2 rings (SSSR count). The number of unbranched alkanes of at least 4 members (excludes halogenated alkanes) is 12. The Kier molecular flexibility index (Phi) is 21.8. The van der Waals surface area contributed by atoms with Gasteiger partial charge in [-0.15, -0.1) is 0 Å². The zero-order chi connectivity index (χ0) is 39.0. The van der Waals surface area contributed by atoms with E-state index in [1.807, 2.05) is 13.8 Å². The first-order valence-electron chi connectivity index (χ1n) is 19.9. The summed E-state index contributed by atoms with van der Waals surface area (Å²) in [5.41, 5.74) is 1.18. The van der Waals surface area contributed by atoms with E-state index in [0.29, 0.717) is 17.8 Å². The van der Waals surface area contributed by atoms with Crippen molar-refractivity contribution in [3.8, 4) is 0 Å². The van der Waals surface area contributed by atoms with E-state index in [-0.39, 0.29) is 36.6 Å². The van der Waals surface area contributed by atoms with Crippen molar-refractivity contribution in [2.24, 2.45) is 5.92 Å². The summed E-state index contributed by atoms with van der Waals surface area (Å²) in [5.74, 6) is -2.60. The molecule has 14 nitrogen and oxygen atoms in total. The maximum Gasteiger partial charge on any atom is 0.243 e. The number of carbonyl (C=O) groups is 5. The topological polar surface area (TPSA) is 203 Å². The van der Waals surface area contributed by atoms with Gasteiger partial charge in [0.05, 0.1) is 24.0 Å². The average molecular weight is 742 g/mol. The average Bonchev–Trinajstić information content (AvgIpc) is 3.83. The molecule has 0 unspecified atom stereocenters. The van der Waals surface area contributed by atoms with E-state index in [1.165, 1.54) is 83.8 Å². The fourth-order valence-electron chi connectivity index (χ4n) is 6.05. The van der Waals surface area contributed by atoms with Crippen molar-refractivity contribution in [3.63, 3.8) is 0 Å². The standard InChI is InChI=1S/C39H67N9O5/c1-7-8-9-10-11-12-13-14-15-16-17-18-19-20-34(49)46-32(21-30-23-40-25-42-30)38(52)45-29(6)36(50)48-35(27(2)3)39(53)47-33(37(51)44-28(4)5)22-31-24-41-26-43-31/h23-29,32-33,35H,7-22H2,1-6H3,(H,40,42)(H,41,43)(H,44,51)(H,45,52)(H,46,49)(H,47,53)(H,48,50)/t29-,32-,33-,35-/m0/s1. The molecule has 0 aliphatic rings. The number of nitrogens with one attached hydrogen (secondary N) is 7. The van der Waals surface area contributed by atoms with Gasteiger partial charge in [-0.2, -0.15) is 0 Å². The summed E-state index contributed by atoms with van der Waals surface area (Å²) in [6, 6.07) is -4.04. The van der Waals surface area contributed by atoms with Crippen LogP contribution in [0.1, 0.15) is 143 Å². The maximum absolute atomic E-state index is 13.5. The lowest BCUT2D eigenvalue weighted by atomic mass is 10.0. The van der Waals surface area contributed by atoms with Gasteiger partial charge >= 0.3 is 0 Å². The minimum atomic E-state index is -1.03. The molecular formula is C39H67N9O5. The molecule has 4 atom stereocenters. The quantitative estimate of drug-likeness (QED) is 0.0620. The highest BCUT2D eigenvalue weighted by Gasteiger charge is 2.32. The minimum absolute atomic E-state index is 0.140. The summed E-state index contributed by atoms with van der Waals surface area (Å²) in [6.45, 7) is 11.0. The lowest BCUT2D eigenvalue weighted by Crippen LogP contribution is -2.59. The fraction of sp³-hybridized carbons (Fsp3) is 0.718. The van der Waals surface area contributed by atoms with E-state index in [2.05, 4.69) is 53.4 Å². The van der Waals surface area contributed by atoms with E-state index < -0.39 is 41.9 Å². The van der Waals surface area contributed by atoms with Crippen LogP contribution in [0.2, 0.25) is 0 Å². The van der Waals surface area contributed by atoms with Gasteiger partial charge in [-0.25, -0.2) is 9.97 Å². The summed E-state index contributed by atoms with van der Waals surface area (Å²) < 4.78 is 0. The van der Waals surface area contributed by atoms with Crippen LogP contribution in [0.25, 0.3) is 0 Å². The zero-order valence-electron chi connectivity index (χ0n) is 33.0. The minimum Gasteiger partial charge on any atom is -0.352 e. The van der Waals surface area contributed by atoms with E-state index in [4.69, 9.17) is 0 Å². The van der Waals surface area contributed by atoms with Gasteiger partial charge in [-0.3, -0.25) is 24.0 Å². The van der Waals surface area contributed by atoms with Crippen molar-refractivity contribution in [3.05, 3.63) is 36.4 Å². The molecular weight excluding hydrogens is 674 g/mol. The smallest absolute Gasteiger partial charge is 0.243 e. The van der Waals surface area contributed by atoms with E-state index >= 15 is 0 Å². The molecule has 0 spiro atoms. The third-order valence-electron chi connectivity index (χ3n) is 9.16. The molecule has 0 saturated heterocycles. The number of aromatic amines is 2. The number of nitrogens with zero attached hydrogens (tertiary/aromatic N) is 2. The predicted octanol–water partition coefficient (Wildman–Crippen LogP) is 4.54. The molecule has 7 N–H and O–H groups in total. The second kappa shape index (κ2) is 25.7. The Morgan fingerprint density at radius 3 is 1.49 bits per heavy atom. The van der Waals surface area contributed by atoms with Crippen LogP contribution in [0.15, 0.2) is 25.0 Å². The molecule has 0 fully saturated rings. The van der Waals surface area contributed by atoms with Gasteiger partial charge in [0.1, 0.15) is 24.2 Å². The van der Waals surface area contributed by atoms with Crippen molar-refractivity contribution < 1.29 is 24.0 Å². The molecule has 2 aromatic rings. The molecule has 0 aromatic carbocycles. The predicted molar refractivity (Wildman–Crippen MR) is 206 cm³/mol. The number of aromatic nitrogens is 4. The number of rotatable bonds is 28. The Morgan fingerprint density at radius 1 is 0.566 bits per heavy atom. The van der Waals surface area contributed by atoms with Gasteiger partial charge in [0.25, 0.3) is 0 Å². The molecule has 0 radical (unpaired) electrons. The van der Waals surface area contributed by atoms with Crippen molar-refractivity contribution in [1.82, 2.24) is 46.5 Å². The van der Waals surface area contributed by atoms with Crippen LogP contribution in [0.3, 0.4) is 0 Å². The summed E-state index contributed by atoms with van der Waals surface area (Å²) >= 11 is 0. The first-order chi connectivity index (χ1) is 25.4. The van der Waals surface area contributed by atoms with Gasteiger partial charge in [0.15, 0.2) is 0 Å². The van der Waals surface area contributed by atoms with Crippen LogP contribution < -0.4 is 26.6 Å². The Bertz CT molecular complexity index is 1330. The van der Waals surface area contributed by atoms with Crippen LogP contribution in [0.4, 0.5) is 0 Å². The number of hydrogen-bond donors (Lipinski definition) is 7. The van der Waals surface area contributed by atoms with Crippen LogP contribution >= 0.6 is 0 Å². The summed E-state index contributed by atoms with van der Waals surface area (Å²) in [6.07, 6.45) is 22.6. The third kappa shape index (κ3) is 18.9. The molecule has 0 aliphatic heterocycles. The van der Waals surface area contributed by atoms with E-state index in [9.17, 15) is 24.0 Å². The van der Waals surface area contributed by atoms with Gasteiger partial charge in [-0.1, -0.05) is 97.8 Å². The molecule has 0 bridgehead atoms. The monoisotopic (exact) mass is 742 g/mol. The van der Waals surface area contributed by atoms with Gasteiger partial charge in [0.2, 0.25) is 29.5 Å². The molecule has 0 aliphatic carbocycles. The molecule has 5 amide bonds. The van der Waals surface area contributed by atoms with E-state index in [1.54, 1.807) is 26.2 Å². The molecule has 298 valence electrons. The first kappa shape index (κ1) is 44.9. The number of amides is 5. The summed E-state index contributed by atoms with van der Waals surface area (Å²) in [4.78, 5) is 80.2. The number of hydrogen-bond acceptors (Lipinski definition) is 7. The maximum atomic E-state index is 13.5. The number of carbonyl (C=O) groups excluding carboxylic acids is 5. The molecule has 53 heavy (non-hydrogen) atoms. The number of imidazole rings is 2. The summed E-state index contributed by atoms with van der Waals surface area (Å²) in [7, 11) is 0. The second-order valence-electron chi connectivity index (χ2n) is 14.8. The Labute approximate surface area is 316 Å². The van der Waals surface area contributed by atoms with Crippen molar-refractivity contribution in [2.75, 3.05) is 0 Å². The van der Waals surface area contributed by atoms with Gasteiger partial charge in [0, 0.05) is 37.7 Å². The van der Waals surface area contributed by atoms with E-state index in [0.717, 1.165) is 19.3 Å². The van der Waals surface area contributed by atoms with Gasteiger partial charge < -0.3 is 36.6 Å². The third-order valence-corrected chi connectivity index (χ3v) is 9.16. The largest absolute Gasteiger partial charge is 0.352 e. The second-order valence-corrected chi connectivity index (χ2v) is 14.8. The first-order valence-corrected chi connectivity index (χ1v) is 19.9. The zero-order valence-corrected chi connectivity index (χ0v) is 33.0.